The highest BCUT2D eigenvalue weighted by molar-refractivity contribution is 5.95. The number of hydrogen-bond acceptors (Lipinski definition) is 4. The molecule has 1 aliphatic carbocycles. The number of carbonyl (C=O) groups is 1. The molecule has 0 atom stereocenters. The van der Waals surface area contributed by atoms with Crippen molar-refractivity contribution in [1.82, 2.24) is 19.9 Å². The fourth-order valence-corrected chi connectivity index (χ4v) is 3.84. The molecule has 6 nitrogen and oxygen atoms in total. The van der Waals surface area contributed by atoms with Gasteiger partial charge in [0.15, 0.2) is 5.65 Å². The first-order chi connectivity index (χ1) is 16.0. The Balaban J connectivity index is 1.55. The topological polar surface area (TPSA) is 71.3 Å². The van der Waals surface area contributed by atoms with Crippen LogP contribution in [0.1, 0.15) is 42.6 Å². The normalized spacial score (nSPS) is 13.5. The molecule has 1 amide bonds. The van der Waals surface area contributed by atoms with Crippen LogP contribution in [0, 0.1) is 12.8 Å². The lowest BCUT2D eigenvalue weighted by molar-refractivity contribution is 0.0951. The van der Waals surface area contributed by atoms with E-state index < -0.39 is 0 Å². The molecule has 1 aliphatic rings. The molecule has 2 aromatic carbocycles. The summed E-state index contributed by atoms with van der Waals surface area (Å²) in [5.41, 5.74) is 7.42. The van der Waals surface area contributed by atoms with Crippen LogP contribution in [0.5, 0.6) is 0 Å². The first kappa shape index (κ1) is 21.2. The van der Waals surface area contributed by atoms with Gasteiger partial charge in [-0.1, -0.05) is 49.7 Å². The summed E-state index contributed by atoms with van der Waals surface area (Å²) in [4.78, 5) is 17.0. The lowest BCUT2D eigenvalue weighted by Crippen LogP contribution is -2.25. The summed E-state index contributed by atoms with van der Waals surface area (Å²) in [6, 6.07) is 18.5. The quantitative estimate of drug-likeness (QED) is 0.408. The van der Waals surface area contributed by atoms with Gasteiger partial charge in [0.25, 0.3) is 5.91 Å². The highest BCUT2D eigenvalue weighted by Crippen LogP contribution is 2.29. The fourth-order valence-electron chi connectivity index (χ4n) is 3.84. The second-order valence-corrected chi connectivity index (χ2v) is 9.29. The van der Waals surface area contributed by atoms with Gasteiger partial charge in [0.2, 0.25) is 0 Å². The van der Waals surface area contributed by atoms with Crippen LogP contribution in [0.25, 0.3) is 28.2 Å². The predicted octanol–water partition coefficient (Wildman–Crippen LogP) is 5.33. The molecule has 168 valence electrons. The number of anilines is 1. The number of aryl methyl sites for hydroxylation is 1. The second-order valence-electron chi connectivity index (χ2n) is 9.29. The maximum atomic E-state index is 12.4. The number of carbonyl (C=O) groups excluding carboxylic acids is 1. The van der Waals surface area contributed by atoms with Crippen molar-refractivity contribution in [3.05, 3.63) is 71.9 Å². The Bertz CT molecular complexity index is 1300. The smallest absolute Gasteiger partial charge is 0.251 e. The number of amides is 1. The number of nitrogens with one attached hydrogen (secondary N) is 2. The second kappa shape index (κ2) is 8.70. The molecule has 1 fully saturated rings. The summed E-state index contributed by atoms with van der Waals surface area (Å²) < 4.78 is 1.90. The summed E-state index contributed by atoms with van der Waals surface area (Å²) in [5, 5.41) is 11.5. The molecule has 6 heteroatoms. The van der Waals surface area contributed by atoms with Crippen LogP contribution < -0.4 is 10.6 Å². The number of aromatic nitrogens is 3. The van der Waals surface area contributed by atoms with E-state index in [9.17, 15) is 4.79 Å². The Morgan fingerprint density at radius 3 is 2.58 bits per heavy atom. The summed E-state index contributed by atoms with van der Waals surface area (Å²) in [7, 11) is 0. The van der Waals surface area contributed by atoms with Gasteiger partial charge in [-0.2, -0.15) is 5.10 Å². The van der Waals surface area contributed by atoms with Crippen LogP contribution in [0.2, 0.25) is 0 Å². The zero-order valence-electron chi connectivity index (χ0n) is 19.3. The molecule has 5 rings (SSSR count). The molecule has 33 heavy (non-hydrogen) atoms. The summed E-state index contributed by atoms with van der Waals surface area (Å²) in [5.74, 6) is 0.492. The van der Waals surface area contributed by atoms with Gasteiger partial charge in [0.05, 0.1) is 23.3 Å². The van der Waals surface area contributed by atoms with Crippen LogP contribution in [0.15, 0.2) is 60.8 Å². The third kappa shape index (κ3) is 4.60. The van der Waals surface area contributed by atoms with Gasteiger partial charge in [0, 0.05) is 29.3 Å². The SMILES string of the molecule is Cc1cccc(-c2cc(NCC(C)C)c3ncc(-c4ccc(C(=O)NC5CC5)cc4)n3n2)c1. The van der Waals surface area contributed by atoms with E-state index in [1.165, 1.54) is 5.56 Å². The largest absolute Gasteiger partial charge is 0.382 e. The Morgan fingerprint density at radius 2 is 1.88 bits per heavy atom. The molecule has 0 spiro atoms. The molecule has 2 aromatic heterocycles. The van der Waals surface area contributed by atoms with Gasteiger partial charge in [-0.25, -0.2) is 9.50 Å². The van der Waals surface area contributed by atoms with Crippen molar-refractivity contribution in [3.8, 4) is 22.5 Å². The summed E-state index contributed by atoms with van der Waals surface area (Å²) >= 11 is 0. The van der Waals surface area contributed by atoms with Gasteiger partial charge in [-0.3, -0.25) is 4.79 Å². The molecule has 2 N–H and O–H groups in total. The Labute approximate surface area is 194 Å². The number of fused-ring (bicyclic) bond motifs is 1. The van der Waals surface area contributed by atoms with Gasteiger partial charge in [-0.15, -0.1) is 0 Å². The van der Waals surface area contributed by atoms with E-state index in [0.29, 0.717) is 17.5 Å². The molecule has 1 saturated carbocycles. The minimum Gasteiger partial charge on any atom is -0.382 e. The monoisotopic (exact) mass is 439 g/mol. The maximum absolute atomic E-state index is 12.4. The molecule has 0 radical (unpaired) electrons. The number of benzene rings is 2. The summed E-state index contributed by atoms with van der Waals surface area (Å²) in [6.07, 6.45) is 4.00. The van der Waals surface area contributed by atoms with E-state index in [4.69, 9.17) is 5.10 Å². The molecule has 4 aromatic rings. The number of nitrogens with zero attached hydrogens (tertiary/aromatic N) is 3. The Hall–Kier alpha value is -3.67. The number of imidazole rings is 1. The molecular weight excluding hydrogens is 410 g/mol. The van der Waals surface area contributed by atoms with E-state index in [-0.39, 0.29) is 5.91 Å². The highest BCUT2D eigenvalue weighted by atomic mass is 16.1. The lowest BCUT2D eigenvalue weighted by atomic mass is 10.1. The first-order valence-corrected chi connectivity index (χ1v) is 11.6. The van der Waals surface area contributed by atoms with E-state index in [2.05, 4.69) is 66.7 Å². The van der Waals surface area contributed by atoms with Gasteiger partial charge in [-0.05, 0) is 49.9 Å². The Kier molecular flexibility index (Phi) is 5.58. The zero-order valence-corrected chi connectivity index (χ0v) is 19.3. The average molecular weight is 440 g/mol. The molecule has 0 saturated heterocycles. The third-order valence-corrected chi connectivity index (χ3v) is 5.84. The molecule has 0 bridgehead atoms. The van der Waals surface area contributed by atoms with Crippen LogP contribution in [-0.2, 0) is 0 Å². The van der Waals surface area contributed by atoms with Gasteiger partial charge in [0.1, 0.15) is 0 Å². The minimum atomic E-state index is -0.0118. The lowest BCUT2D eigenvalue weighted by Gasteiger charge is -2.13. The van der Waals surface area contributed by atoms with Crippen molar-refractivity contribution >= 4 is 17.2 Å². The molecule has 2 heterocycles. The van der Waals surface area contributed by atoms with Crippen molar-refractivity contribution in [2.75, 3.05) is 11.9 Å². The number of rotatable bonds is 7. The standard InChI is InChI=1S/C27H29N5O/c1-17(2)15-28-24-14-23(21-6-4-5-18(3)13-21)31-32-25(16-29-26(24)32)19-7-9-20(10-8-19)27(33)30-22-11-12-22/h4-10,13-14,16-17,22,28H,11-12,15H2,1-3H3,(H,30,33). The predicted molar refractivity (Wildman–Crippen MR) is 132 cm³/mol. The van der Waals surface area contributed by atoms with Crippen molar-refractivity contribution in [1.29, 1.82) is 0 Å². The van der Waals surface area contributed by atoms with Crippen molar-refractivity contribution < 1.29 is 4.79 Å². The highest BCUT2D eigenvalue weighted by Gasteiger charge is 2.23. The Morgan fingerprint density at radius 1 is 1.09 bits per heavy atom. The first-order valence-electron chi connectivity index (χ1n) is 11.6. The van der Waals surface area contributed by atoms with Crippen LogP contribution in [0.4, 0.5) is 5.69 Å². The molecule has 0 aliphatic heterocycles. The van der Waals surface area contributed by atoms with Crippen LogP contribution in [0.3, 0.4) is 0 Å². The maximum Gasteiger partial charge on any atom is 0.251 e. The summed E-state index contributed by atoms with van der Waals surface area (Å²) in [6.45, 7) is 7.30. The van der Waals surface area contributed by atoms with Crippen molar-refractivity contribution in [3.63, 3.8) is 0 Å². The molecule has 0 unspecified atom stereocenters. The van der Waals surface area contributed by atoms with Crippen LogP contribution >= 0.6 is 0 Å². The fraction of sp³-hybridized carbons (Fsp3) is 0.296. The molecular formula is C27H29N5O. The van der Waals surface area contributed by atoms with E-state index in [1.54, 1.807) is 0 Å². The van der Waals surface area contributed by atoms with E-state index in [1.807, 2.05) is 35.0 Å². The van der Waals surface area contributed by atoms with Gasteiger partial charge < -0.3 is 10.6 Å². The van der Waals surface area contributed by atoms with Crippen molar-refractivity contribution in [2.45, 2.75) is 39.7 Å². The van der Waals surface area contributed by atoms with Gasteiger partial charge >= 0.3 is 0 Å². The third-order valence-electron chi connectivity index (χ3n) is 5.84. The van der Waals surface area contributed by atoms with Crippen LogP contribution in [-0.4, -0.2) is 33.1 Å². The van der Waals surface area contributed by atoms with Crippen molar-refractivity contribution in [2.24, 2.45) is 5.92 Å². The number of hydrogen-bond donors (Lipinski definition) is 2. The van der Waals surface area contributed by atoms with E-state index in [0.717, 1.165) is 53.2 Å². The average Bonchev–Trinajstić information content (AvgIpc) is 3.52. The zero-order chi connectivity index (χ0) is 22.9. The minimum absolute atomic E-state index is 0.0118. The van der Waals surface area contributed by atoms with E-state index >= 15 is 0 Å².